The summed E-state index contributed by atoms with van der Waals surface area (Å²) in [4.78, 5) is 13.2. The van der Waals surface area contributed by atoms with Crippen LogP contribution >= 0.6 is 12.6 Å². The van der Waals surface area contributed by atoms with Gasteiger partial charge in [0.05, 0.1) is 33.0 Å². The molecular formula is C27H36O12S. The van der Waals surface area contributed by atoms with Crippen molar-refractivity contribution in [3.63, 3.8) is 0 Å². The molecule has 0 aromatic heterocycles. The molecule has 222 valence electrons. The van der Waals surface area contributed by atoms with E-state index in [-0.39, 0.29) is 42.4 Å². The molecule has 0 saturated carbocycles. The van der Waals surface area contributed by atoms with Gasteiger partial charge in [-0.15, -0.1) is 0 Å². The number of rotatable bonds is 16. The maximum absolute atomic E-state index is 13.2. The lowest BCUT2D eigenvalue weighted by molar-refractivity contribution is -0.277. The SMILES string of the molecule is O=C(CCc1ccc(O)cc1)c1c(O)cc(OCCOCCOCCS)cc1O[C@@H]1O[C@H](CO)[C@@H](O)[C@H](O)[C@H]1O. The van der Waals surface area contributed by atoms with Crippen molar-refractivity contribution in [2.24, 2.45) is 0 Å². The molecule has 12 nitrogen and oxygen atoms in total. The van der Waals surface area contributed by atoms with E-state index in [0.29, 0.717) is 32.0 Å². The van der Waals surface area contributed by atoms with Crippen LogP contribution in [0.3, 0.4) is 0 Å². The second-order valence-electron chi connectivity index (χ2n) is 9.02. The highest BCUT2D eigenvalue weighted by atomic mass is 32.1. The molecule has 5 atom stereocenters. The molecule has 6 N–H and O–H groups in total. The van der Waals surface area contributed by atoms with Gasteiger partial charge in [-0.05, 0) is 24.1 Å². The smallest absolute Gasteiger partial charge is 0.229 e. The van der Waals surface area contributed by atoms with Gasteiger partial charge in [0, 0.05) is 24.3 Å². The number of ether oxygens (including phenoxy) is 5. The number of phenols is 2. The zero-order valence-corrected chi connectivity index (χ0v) is 22.7. The zero-order valence-electron chi connectivity index (χ0n) is 21.8. The Morgan fingerprint density at radius 1 is 0.900 bits per heavy atom. The van der Waals surface area contributed by atoms with Crippen LogP contribution in [0.25, 0.3) is 0 Å². The van der Waals surface area contributed by atoms with Crippen LogP contribution in [-0.4, -0.2) is 113 Å². The fraction of sp³-hybridized carbons (Fsp3) is 0.519. The van der Waals surface area contributed by atoms with Crippen LogP contribution in [-0.2, 0) is 20.6 Å². The van der Waals surface area contributed by atoms with Crippen LogP contribution in [0, 0.1) is 0 Å². The number of hydrogen-bond donors (Lipinski definition) is 7. The molecule has 0 radical (unpaired) electrons. The van der Waals surface area contributed by atoms with Gasteiger partial charge in [-0.25, -0.2) is 0 Å². The van der Waals surface area contributed by atoms with E-state index >= 15 is 0 Å². The Hall–Kier alpha value is -2.62. The Kier molecular flexibility index (Phi) is 12.7. The molecule has 0 unspecified atom stereocenters. The third-order valence-corrected chi connectivity index (χ3v) is 6.29. The molecule has 0 bridgehead atoms. The quantitative estimate of drug-likeness (QED) is 0.0822. The minimum absolute atomic E-state index is 0.0350. The van der Waals surface area contributed by atoms with Gasteiger partial charge in [-0.1, -0.05) is 12.1 Å². The topological polar surface area (TPSA) is 185 Å². The number of phenolic OH excluding ortho intramolecular Hbond substituents is 2. The molecule has 1 aliphatic heterocycles. The molecule has 13 heteroatoms. The highest BCUT2D eigenvalue weighted by Gasteiger charge is 2.45. The normalized spacial score (nSPS) is 22.7. The number of thiol groups is 1. The number of hydrogen-bond acceptors (Lipinski definition) is 13. The second-order valence-corrected chi connectivity index (χ2v) is 9.46. The number of ketones is 1. The average Bonchev–Trinajstić information content (AvgIpc) is 2.94. The van der Waals surface area contributed by atoms with Crippen LogP contribution in [0.15, 0.2) is 36.4 Å². The molecule has 40 heavy (non-hydrogen) atoms. The summed E-state index contributed by atoms with van der Waals surface area (Å²) in [7, 11) is 0. The minimum Gasteiger partial charge on any atom is -0.508 e. The van der Waals surface area contributed by atoms with Crippen LogP contribution in [0.2, 0.25) is 0 Å². The van der Waals surface area contributed by atoms with Gasteiger partial charge in [0.15, 0.2) is 5.78 Å². The van der Waals surface area contributed by atoms with Crippen molar-refractivity contribution in [1.29, 1.82) is 0 Å². The van der Waals surface area contributed by atoms with Crippen molar-refractivity contribution in [2.75, 3.05) is 45.4 Å². The highest BCUT2D eigenvalue weighted by molar-refractivity contribution is 7.80. The summed E-state index contributed by atoms with van der Waals surface area (Å²) in [5, 5.41) is 60.4. The molecule has 0 spiro atoms. The summed E-state index contributed by atoms with van der Waals surface area (Å²) in [5.74, 6) is -0.325. The predicted octanol–water partition coefficient (Wildman–Crippen LogP) is 0.434. The number of carbonyl (C=O) groups is 1. The number of carbonyl (C=O) groups excluding carboxylic acids is 1. The first-order chi connectivity index (χ1) is 19.2. The Morgan fingerprint density at radius 2 is 1.57 bits per heavy atom. The molecule has 1 aliphatic rings. The van der Waals surface area contributed by atoms with Crippen molar-refractivity contribution in [1.82, 2.24) is 0 Å². The summed E-state index contributed by atoms with van der Waals surface area (Å²) in [6, 6.07) is 8.89. The number of Topliss-reactive ketones (excluding diaryl/α,β-unsaturated/α-hetero) is 1. The van der Waals surface area contributed by atoms with Crippen molar-refractivity contribution >= 4 is 18.4 Å². The molecule has 1 heterocycles. The van der Waals surface area contributed by atoms with Gasteiger partial charge < -0.3 is 54.3 Å². The second kappa shape index (κ2) is 16.0. The van der Waals surface area contributed by atoms with Gasteiger partial charge >= 0.3 is 0 Å². The van der Waals surface area contributed by atoms with Crippen molar-refractivity contribution < 1.29 is 59.1 Å². The van der Waals surface area contributed by atoms with E-state index in [1.807, 2.05) is 0 Å². The van der Waals surface area contributed by atoms with Crippen molar-refractivity contribution in [3.05, 3.63) is 47.5 Å². The molecule has 3 rings (SSSR count). The molecule has 1 fully saturated rings. The Balaban J connectivity index is 1.75. The third kappa shape index (κ3) is 8.94. The van der Waals surface area contributed by atoms with E-state index in [4.69, 9.17) is 23.7 Å². The summed E-state index contributed by atoms with van der Waals surface area (Å²) in [6.45, 7) is 0.902. The van der Waals surface area contributed by atoms with Crippen LogP contribution < -0.4 is 9.47 Å². The Labute approximate surface area is 237 Å². The molecule has 0 aliphatic carbocycles. The molecule has 2 aromatic carbocycles. The van der Waals surface area contributed by atoms with Gasteiger partial charge in [0.1, 0.15) is 59.6 Å². The lowest BCUT2D eigenvalue weighted by Gasteiger charge is -2.39. The Bertz CT molecular complexity index is 1060. The van der Waals surface area contributed by atoms with Crippen molar-refractivity contribution in [2.45, 2.75) is 43.5 Å². The van der Waals surface area contributed by atoms with E-state index in [1.165, 1.54) is 24.3 Å². The Morgan fingerprint density at radius 3 is 2.25 bits per heavy atom. The predicted molar refractivity (Wildman–Crippen MR) is 144 cm³/mol. The zero-order chi connectivity index (χ0) is 29.1. The maximum atomic E-state index is 13.2. The summed E-state index contributed by atoms with van der Waals surface area (Å²) in [5.41, 5.74) is 0.568. The monoisotopic (exact) mass is 584 g/mol. The van der Waals surface area contributed by atoms with E-state index in [1.54, 1.807) is 12.1 Å². The fourth-order valence-electron chi connectivity index (χ4n) is 3.97. The number of aromatic hydroxyl groups is 2. The van der Waals surface area contributed by atoms with E-state index in [9.17, 15) is 35.4 Å². The first kappa shape index (κ1) is 31.9. The van der Waals surface area contributed by atoms with Crippen LogP contribution in [0.1, 0.15) is 22.3 Å². The van der Waals surface area contributed by atoms with Gasteiger partial charge in [-0.3, -0.25) is 4.79 Å². The first-order valence-electron chi connectivity index (χ1n) is 12.8. The number of aryl methyl sites for hydroxylation is 1. The molecular weight excluding hydrogens is 548 g/mol. The standard InChI is InChI=1S/C27H36O12S/c28-15-22-24(32)25(33)26(34)27(39-22)38-21-14-18(37-10-9-35-7-8-36-11-12-40)13-20(31)23(21)19(30)6-3-16-1-4-17(29)5-2-16/h1-2,4-5,13-14,22,24-29,31-34,40H,3,6-12,15H2/t22-,24-,25+,26-,27-/m1/s1. The summed E-state index contributed by atoms with van der Waals surface area (Å²) in [6.07, 6.45) is -7.60. The van der Waals surface area contributed by atoms with Crippen LogP contribution in [0.5, 0.6) is 23.0 Å². The lowest BCUT2D eigenvalue weighted by Crippen LogP contribution is -2.60. The number of benzene rings is 2. The van der Waals surface area contributed by atoms with Gasteiger partial charge in [-0.2, -0.15) is 12.6 Å². The van der Waals surface area contributed by atoms with E-state index in [0.717, 1.165) is 5.56 Å². The summed E-state index contributed by atoms with van der Waals surface area (Å²) >= 11 is 4.05. The average molecular weight is 585 g/mol. The lowest BCUT2D eigenvalue weighted by atomic mass is 9.99. The number of aliphatic hydroxyl groups excluding tert-OH is 4. The van der Waals surface area contributed by atoms with E-state index < -0.39 is 48.8 Å². The van der Waals surface area contributed by atoms with Crippen molar-refractivity contribution in [3.8, 4) is 23.0 Å². The molecule has 2 aromatic rings. The fourth-order valence-corrected chi connectivity index (χ4v) is 4.10. The minimum atomic E-state index is -1.73. The number of aliphatic hydroxyl groups is 4. The van der Waals surface area contributed by atoms with Crippen LogP contribution in [0.4, 0.5) is 0 Å². The molecule has 1 saturated heterocycles. The van der Waals surface area contributed by atoms with Gasteiger partial charge in [0.2, 0.25) is 6.29 Å². The highest BCUT2D eigenvalue weighted by Crippen LogP contribution is 2.37. The van der Waals surface area contributed by atoms with Gasteiger partial charge in [0.25, 0.3) is 0 Å². The molecule has 0 amide bonds. The van der Waals surface area contributed by atoms with E-state index in [2.05, 4.69) is 12.6 Å². The third-order valence-electron chi connectivity index (χ3n) is 6.11. The summed E-state index contributed by atoms with van der Waals surface area (Å²) < 4.78 is 27.5. The maximum Gasteiger partial charge on any atom is 0.229 e. The first-order valence-corrected chi connectivity index (χ1v) is 13.4. The largest absolute Gasteiger partial charge is 0.508 e.